The normalized spacial score (nSPS) is 11.4. The Bertz CT molecular complexity index is 1000. The van der Waals surface area contributed by atoms with Gasteiger partial charge in [0.2, 0.25) is 10.0 Å². The van der Waals surface area contributed by atoms with Crippen molar-refractivity contribution in [2.24, 2.45) is 0 Å². The lowest BCUT2D eigenvalue weighted by atomic mass is 10.1. The van der Waals surface area contributed by atoms with Crippen molar-refractivity contribution < 1.29 is 18.3 Å². The predicted octanol–water partition coefficient (Wildman–Crippen LogP) is 3.63. The summed E-state index contributed by atoms with van der Waals surface area (Å²) >= 11 is 0. The molecule has 3 rings (SSSR count). The highest BCUT2D eigenvalue weighted by Crippen LogP contribution is 2.23. The van der Waals surface area contributed by atoms with E-state index in [-0.39, 0.29) is 11.4 Å². The van der Waals surface area contributed by atoms with Gasteiger partial charge in [-0.05, 0) is 28.8 Å². The SMILES string of the molecule is O=C(O)CN(Cc1ccccc1)S(=O)(=O)c1ccc(-c2ccccc2)cc1. The minimum absolute atomic E-state index is 0.00406. The van der Waals surface area contributed by atoms with Gasteiger partial charge in [-0.1, -0.05) is 72.8 Å². The first-order chi connectivity index (χ1) is 13.0. The molecule has 27 heavy (non-hydrogen) atoms. The number of nitrogens with zero attached hydrogens (tertiary/aromatic N) is 1. The van der Waals surface area contributed by atoms with E-state index in [1.807, 2.05) is 36.4 Å². The zero-order chi connectivity index (χ0) is 19.3. The molecule has 0 heterocycles. The zero-order valence-corrected chi connectivity index (χ0v) is 15.3. The van der Waals surface area contributed by atoms with Crippen LogP contribution in [0.4, 0.5) is 0 Å². The van der Waals surface area contributed by atoms with Gasteiger partial charge in [-0.15, -0.1) is 0 Å². The van der Waals surface area contributed by atoms with E-state index < -0.39 is 22.5 Å². The van der Waals surface area contributed by atoms with Crippen molar-refractivity contribution in [1.82, 2.24) is 4.31 Å². The van der Waals surface area contributed by atoms with Crippen LogP contribution < -0.4 is 0 Å². The van der Waals surface area contributed by atoms with Crippen molar-refractivity contribution >= 4 is 16.0 Å². The molecule has 0 atom stereocenters. The lowest BCUT2D eigenvalue weighted by Crippen LogP contribution is -2.35. The Hall–Kier alpha value is -2.96. The molecule has 3 aromatic rings. The molecule has 5 nitrogen and oxygen atoms in total. The van der Waals surface area contributed by atoms with Crippen molar-refractivity contribution in [3.05, 3.63) is 90.5 Å². The fourth-order valence-corrected chi connectivity index (χ4v) is 4.14. The molecule has 0 aromatic heterocycles. The summed E-state index contributed by atoms with van der Waals surface area (Å²) in [4.78, 5) is 11.3. The van der Waals surface area contributed by atoms with Crippen LogP contribution in [0.25, 0.3) is 11.1 Å². The van der Waals surface area contributed by atoms with Crippen LogP contribution in [0.1, 0.15) is 5.56 Å². The molecule has 0 radical (unpaired) electrons. The van der Waals surface area contributed by atoms with Crippen LogP contribution in [0.3, 0.4) is 0 Å². The number of hydrogen-bond acceptors (Lipinski definition) is 3. The molecule has 0 aliphatic rings. The molecule has 1 N–H and O–H groups in total. The van der Waals surface area contributed by atoms with Crippen molar-refractivity contribution in [3.8, 4) is 11.1 Å². The lowest BCUT2D eigenvalue weighted by molar-refractivity contribution is -0.137. The molecular formula is C21H19NO4S. The molecule has 0 fully saturated rings. The molecule has 0 saturated carbocycles. The molecule has 3 aromatic carbocycles. The molecule has 138 valence electrons. The maximum Gasteiger partial charge on any atom is 0.318 e. The lowest BCUT2D eigenvalue weighted by Gasteiger charge is -2.20. The summed E-state index contributed by atoms with van der Waals surface area (Å²) in [6.07, 6.45) is 0. The minimum Gasteiger partial charge on any atom is -0.480 e. The smallest absolute Gasteiger partial charge is 0.318 e. The van der Waals surface area contributed by atoms with Crippen molar-refractivity contribution in [2.45, 2.75) is 11.4 Å². The van der Waals surface area contributed by atoms with Gasteiger partial charge in [0.1, 0.15) is 6.54 Å². The second-order valence-electron chi connectivity index (χ2n) is 6.04. The van der Waals surface area contributed by atoms with Gasteiger partial charge in [0, 0.05) is 6.54 Å². The van der Waals surface area contributed by atoms with Crippen LogP contribution in [0.5, 0.6) is 0 Å². The molecule has 6 heteroatoms. The number of carboxylic acids is 1. The Morgan fingerprint density at radius 1 is 0.778 bits per heavy atom. The van der Waals surface area contributed by atoms with Crippen LogP contribution in [-0.4, -0.2) is 30.3 Å². The number of carbonyl (C=O) groups is 1. The van der Waals surface area contributed by atoms with E-state index in [0.29, 0.717) is 0 Å². The zero-order valence-electron chi connectivity index (χ0n) is 14.5. The largest absolute Gasteiger partial charge is 0.480 e. The third kappa shape index (κ3) is 4.61. The summed E-state index contributed by atoms with van der Waals surface area (Å²) in [5.74, 6) is -1.20. The maximum absolute atomic E-state index is 13.0. The standard InChI is InChI=1S/C21H19NO4S/c23-21(24)16-22(15-17-7-3-1-4-8-17)27(25,26)20-13-11-19(12-14-20)18-9-5-2-6-10-18/h1-14H,15-16H2,(H,23,24). The Morgan fingerprint density at radius 2 is 1.30 bits per heavy atom. The number of hydrogen-bond donors (Lipinski definition) is 1. The summed E-state index contributed by atoms with van der Waals surface area (Å²) in [5.41, 5.74) is 2.60. The average molecular weight is 381 g/mol. The van der Waals surface area contributed by atoms with Gasteiger partial charge < -0.3 is 5.11 Å². The third-order valence-electron chi connectivity index (χ3n) is 4.11. The predicted molar refractivity (Wildman–Crippen MR) is 104 cm³/mol. The van der Waals surface area contributed by atoms with E-state index >= 15 is 0 Å². The fourth-order valence-electron chi connectivity index (χ4n) is 2.76. The van der Waals surface area contributed by atoms with Gasteiger partial charge >= 0.3 is 5.97 Å². The van der Waals surface area contributed by atoms with Crippen LogP contribution in [0, 0.1) is 0 Å². The maximum atomic E-state index is 13.0. The van der Waals surface area contributed by atoms with E-state index in [1.54, 1.807) is 36.4 Å². The molecule has 0 amide bonds. The molecule has 0 bridgehead atoms. The number of benzene rings is 3. The first-order valence-corrected chi connectivity index (χ1v) is 9.82. The Labute approximate surface area is 158 Å². The highest BCUT2D eigenvalue weighted by molar-refractivity contribution is 7.89. The van der Waals surface area contributed by atoms with Gasteiger partial charge in [-0.3, -0.25) is 4.79 Å². The van der Waals surface area contributed by atoms with Crippen molar-refractivity contribution in [2.75, 3.05) is 6.54 Å². The highest BCUT2D eigenvalue weighted by atomic mass is 32.2. The molecule has 0 saturated heterocycles. The summed E-state index contributed by atoms with van der Waals surface area (Å²) < 4.78 is 26.9. The van der Waals surface area contributed by atoms with Gasteiger partial charge in [0.25, 0.3) is 0 Å². The molecule has 0 aliphatic carbocycles. The molecule has 0 spiro atoms. The van der Waals surface area contributed by atoms with Crippen LogP contribution in [0.15, 0.2) is 89.8 Å². The Kier molecular flexibility index (Phi) is 5.69. The van der Waals surface area contributed by atoms with Gasteiger partial charge in [0.15, 0.2) is 0 Å². The van der Waals surface area contributed by atoms with E-state index in [2.05, 4.69) is 0 Å². The molecule has 0 aliphatic heterocycles. The Balaban J connectivity index is 1.90. The van der Waals surface area contributed by atoms with E-state index in [1.165, 1.54) is 12.1 Å². The number of sulfonamides is 1. The summed E-state index contributed by atoms with van der Waals surface area (Å²) in [5, 5.41) is 9.16. The van der Waals surface area contributed by atoms with Crippen LogP contribution >= 0.6 is 0 Å². The summed E-state index contributed by atoms with van der Waals surface area (Å²) in [6, 6.07) is 25.0. The summed E-state index contributed by atoms with van der Waals surface area (Å²) in [7, 11) is -3.94. The number of carboxylic acid groups (broad SMARTS) is 1. The van der Waals surface area contributed by atoms with Gasteiger partial charge in [-0.2, -0.15) is 4.31 Å². The quantitative estimate of drug-likeness (QED) is 0.678. The van der Waals surface area contributed by atoms with E-state index in [4.69, 9.17) is 5.11 Å². The third-order valence-corrected chi connectivity index (χ3v) is 5.92. The average Bonchev–Trinajstić information content (AvgIpc) is 2.69. The molecule has 0 unspecified atom stereocenters. The molecular weight excluding hydrogens is 362 g/mol. The van der Waals surface area contributed by atoms with E-state index in [0.717, 1.165) is 21.0 Å². The van der Waals surface area contributed by atoms with Crippen LogP contribution in [-0.2, 0) is 21.4 Å². The monoisotopic (exact) mass is 381 g/mol. The number of rotatable bonds is 7. The second-order valence-corrected chi connectivity index (χ2v) is 7.98. The summed E-state index contributed by atoms with van der Waals surface area (Å²) in [6.45, 7) is -0.604. The van der Waals surface area contributed by atoms with Gasteiger partial charge in [0.05, 0.1) is 4.90 Å². The van der Waals surface area contributed by atoms with Crippen molar-refractivity contribution in [1.29, 1.82) is 0 Å². The van der Waals surface area contributed by atoms with Crippen LogP contribution in [0.2, 0.25) is 0 Å². The second kappa shape index (κ2) is 8.16. The highest BCUT2D eigenvalue weighted by Gasteiger charge is 2.26. The minimum atomic E-state index is -3.94. The topological polar surface area (TPSA) is 74.7 Å². The first-order valence-electron chi connectivity index (χ1n) is 8.38. The fraction of sp³-hybridized carbons (Fsp3) is 0.0952. The van der Waals surface area contributed by atoms with Gasteiger partial charge in [-0.25, -0.2) is 8.42 Å². The van der Waals surface area contributed by atoms with E-state index in [9.17, 15) is 13.2 Å². The number of aliphatic carboxylic acids is 1. The Morgan fingerprint density at radius 3 is 1.85 bits per heavy atom. The van der Waals surface area contributed by atoms with Crippen molar-refractivity contribution in [3.63, 3.8) is 0 Å². The first kappa shape index (κ1) is 18.8.